The highest BCUT2D eigenvalue weighted by Crippen LogP contribution is 2.35. The molecule has 114 valence electrons. The fourth-order valence-electron chi connectivity index (χ4n) is 3.50. The van der Waals surface area contributed by atoms with E-state index in [2.05, 4.69) is 10.2 Å². The number of carbonyl (C=O) groups excluding carboxylic acids is 1. The zero-order valence-electron chi connectivity index (χ0n) is 11.8. The van der Waals surface area contributed by atoms with Gasteiger partial charge in [-0.1, -0.05) is 0 Å². The summed E-state index contributed by atoms with van der Waals surface area (Å²) in [6, 6.07) is 4.63. The maximum absolute atomic E-state index is 13.6. The number of anilines is 2. The number of hydrogen-bond acceptors (Lipinski definition) is 4. The van der Waals surface area contributed by atoms with E-state index in [0.29, 0.717) is 5.69 Å². The van der Waals surface area contributed by atoms with Crippen molar-refractivity contribution in [3.8, 4) is 0 Å². The molecule has 0 radical (unpaired) electrons. The molecule has 2 aliphatic heterocycles. The predicted molar refractivity (Wildman–Crippen MR) is 78.2 cm³/mol. The van der Waals surface area contributed by atoms with Crippen LogP contribution in [0.4, 0.5) is 15.8 Å². The third kappa shape index (κ3) is 3.01. The van der Waals surface area contributed by atoms with Crippen molar-refractivity contribution in [2.75, 3.05) is 17.6 Å². The van der Waals surface area contributed by atoms with Crippen molar-refractivity contribution >= 4 is 17.3 Å². The quantitative estimate of drug-likeness (QED) is 0.735. The van der Waals surface area contributed by atoms with Crippen LogP contribution in [0.25, 0.3) is 0 Å². The highest BCUT2D eigenvalue weighted by Gasteiger charge is 2.40. The normalized spacial score (nSPS) is 28.6. The van der Waals surface area contributed by atoms with Gasteiger partial charge in [0.2, 0.25) is 5.91 Å². The van der Waals surface area contributed by atoms with Crippen molar-refractivity contribution < 1.29 is 14.3 Å². The molecule has 2 atom stereocenters. The van der Waals surface area contributed by atoms with E-state index in [1.54, 1.807) is 0 Å². The zero-order valence-corrected chi connectivity index (χ0v) is 11.8. The van der Waals surface area contributed by atoms with Gasteiger partial charge in [0.05, 0.1) is 18.3 Å². The lowest BCUT2D eigenvalue weighted by atomic mass is 10.00. The van der Waals surface area contributed by atoms with Gasteiger partial charge in [-0.05, 0) is 43.9 Å². The van der Waals surface area contributed by atoms with E-state index >= 15 is 0 Å². The van der Waals surface area contributed by atoms with Crippen molar-refractivity contribution in [1.29, 1.82) is 0 Å². The molecule has 2 aliphatic rings. The second-order valence-corrected chi connectivity index (χ2v) is 5.97. The highest BCUT2D eigenvalue weighted by atomic mass is 19.1. The Hall–Kier alpha value is -1.66. The molecule has 0 spiro atoms. The standard InChI is InChI=1S/C15H20FN3O2/c16-13-4-1-9(17)5-14(13)18-15(21)8-19-10-2-3-11(19)7-12(20)6-10/h1,4-5,10-12,20H,2-3,6-8,17H2,(H,18,21). The first-order valence-corrected chi connectivity index (χ1v) is 7.31. The fourth-order valence-corrected chi connectivity index (χ4v) is 3.50. The molecule has 0 aliphatic carbocycles. The first-order valence-electron chi connectivity index (χ1n) is 7.31. The van der Waals surface area contributed by atoms with Crippen LogP contribution in [0.3, 0.4) is 0 Å². The molecule has 1 aromatic rings. The Morgan fingerprint density at radius 3 is 2.71 bits per heavy atom. The summed E-state index contributed by atoms with van der Waals surface area (Å²) < 4.78 is 13.6. The number of nitrogens with one attached hydrogen (secondary N) is 1. The van der Waals surface area contributed by atoms with E-state index in [4.69, 9.17) is 5.73 Å². The summed E-state index contributed by atoms with van der Waals surface area (Å²) in [6.45, 7) is 0.232. The molecule has 5 nitrogen and oxygen atoms in total. The Morgan fingerprint density at radius 1 is 1.38 bits per heavy atom. The largest absolute Gasteiger partial charge is 0.399 e. The number of nitrogens with two attached hydrogens (primary N) is 1. The minimum absolute atomic E-state index is 0.115. The van der Waals surface area contributed by atoms with Crippen LogP contribution in [0.2, 0.25) is 0 Å². The lowest BCUT2D eigenvalue weighted by molar-refractivity contribution is -0.119. The van der Waals surface area contributed by atoms with E-state index in [-0.39, 0.29) is 36.3 Å². The molecule has 21 heavy (non-hydrogen) atoms. The third-order valence-electron chi connectivity index (χ3n) is 4.45. The van der Waals surface area contributed by atoms with Crippen LogP contribution in [0.15, 0.2) is 18.2 Å². The van der Waals surface area contributed by atoms with Gasteiger partial charge in [-0.25, -0.2) is 4.39 Å². The summed E-state index contributed by atoms with van der Waals surface area (Å²) in [5, 5.41) is 12.3. The van der Waals surface area contributed by atoms with Gasteiger partial charge in [-0.15, -0.1) is 0 Å². The van der Waals surface area contributed by atoms with Gasteiger partial charge in [0, 0.05) is 17.8 Å². The van der Waals surface area contributed by atoms with Gasteiger partial charge in [0.15, 0.2) is 0 Å². The number of fused-ring (bicyclic) bond motifs is 2. The number of aliphatic hydroxyl groups excluding tert-OH is 1. The number of carbonyl (C=O) groups is 1. The van der Waals surface area contributed by atoms with Gasteiger partial charge >= 0.3 is 0 Å². The second kappa shape index (κ2) is 5.61. The Kier molecular flexibility index (Phi) is 3.82. The van der Waals surface area contributed by atoms with E-state index in [0.717, 1.165) is 25.7 Å². The Morgan fingerprint density at radius 2 is 2.05 bits per heavy atom. The van der Waals surface area contributed by atoms with Crippen molar-refractivity contribution in [2.45, 2.75) is 43.9 Å². The van der Waals surface area contributed by atoms with Gasteiger partial charge in [-0.3, -0.25) is 9.69 Å². The summed E-state index contributed by atoms with van der Waals surface area (Å²) in [5.41, 5.74) is 6.13. The fraction of sp³-hybridized carbons (Fsp3) is 0.533. The van der Waals surface area contributed by atoms with Gasteiger partial charge in [0.1, 0.15) is 5.82 Å². The van der Waals surface area contributed by atoms with Gasteiger partial charge in [0.25, 0.3) is 0 Å². The van der Waals surface area contributed by atoms with Crippen LogP contribution >= 0.6 is 0 Å². The molecule has 2 heterocycles. The molecule has 1 amide bonds. The van der Waals surface area contributed by atoms with Crippen LogP contribution in [0.1, 0.15) is 25.7 Å². The molecule has 2 saturated heterocycles. The summed E-state index contributed by atoms with van der Waals surface area (Å²) in [5.74, 6) is -0.734. The molecular formula is C15H20FN3O2. The van der Waals surface area contributed by atoms with Crippen LogP contribution in [-0.2, 0) is 4.79 Å². The number of piperidine rings is 1. The van der Waals surface area contributed by atoms with Crippen LogP contribution in [-0.4, -0.2) is 40.6 Å². The monoisotopic (exact) mass is 293 g/mol. The van der Waals surface area contributed by atoms with E-state index in [1.165, 1.54) is 18.2 Å². The molecular weight excluding hydrogens is 273 g/mol. The second-order valence-electron chi connectivity index (χ2n) is 5.97. The lowest BCUT2D eigenvalue weighted by Gasteiger charge is -2.36. The van der Waals surface area contributed by atoms with E-state index in [1.807, 2.05) is 0 Å². The number of nitrogen functional groups attached to an aromatic ring is 1. The van der Waals surface area contributed by atoms with E-state index < -0.39 is 5.82 Å². The highest BCUT2D eigenvalue weighted by molar-refractivity contribution is 5.92. The smallest absolute Gasteiger partial charge is 0.238 e. The molecule has 1 aromatic carbocycles. The third-order valence-corrected chi connectivity index (χ3v) is 4.45. The molecule has 2 unspecified atom stereocenters. The maximum atomic E-state index is 13.6. The number of halogens is 1. The molecule has 0 aromatic heterocycles. The Balaban J connectivity index is 1.63. The Labute approximate surface area is 122 Å². The first-order chi connectivity index (χ1) is 10.0. The molecule has 2 bridgehead atoms. The molecule has 6 heteroatoms. The average molecular weight is 293 g/mol. The summed E-state index contributed by atoms with van der Waals surface area (Å²) >= 11 is 0. The SMILES string of the molecule is Nc1ccc(F)c(NC(=O)CN2C3CCC2CC(O)C3)c1. The van der Waals surface area contributed by atoms with Crippen molar-refractivity contribution in [3.63, 3.8) is 0 Å². The number of rotatable bonds is 3. The van der Waals surface area contributed by atoms with E-state index in [9.17, 15) is 14.3 Å². The number of amides is 1. The van der Waals surface area contributed by atoms with Gasteiger partial charge < -0.3 is 16.2 Å². The molecule has 3 rings (SSSR count). The summed E-state index contributed by atoms with van der Waals surface area (Å²) in [7, 11) is 0. The lowest BCUT2D eigenvalue weighted by Crippen LogP contribution is -2.47. The number of benzene rings is 1. The predicted octanol–water partition coefficient (Wildman–Crippen LogP) is 1.33. The first kappa shape index (κ1) is 14.3. The van der Waals surface area contributed by atoms with Crippen molar-refractivity contribution in [3.05, 3.63) is 24.0 Å². The van der Waals surface area contributed by atoms with Crippen LogP contribution < -0.4 is 11.1 Å². The Bertz CT molecular complexity index is 538. The average Bonchev–Trinajstić information content (AvgIpc) is 2.66. The number of hydrogen-bond donors (Lipinski definition) is 3. The number of nitrogens with zero attached hydrogens (tertiary/aromatic N) is 1. The summed E-state index contributed by atoms with van der Waals surface area (Å²) in [6.07, 6.45) is 3.21. The van der Waals surface area contributed by atoms with Crippen LogP contribution in [0.5, 0.6) is 0 Å². The minimum atomic E-state index is -0.491. The minimum Gasteiger partial charge on any atom is -0.399 e. The van der Waals surface area contributed by atoms with Gasteiger partial charge in [-0.2, -0.15) is 0 Å². The van der Waals surface area contributed by atoms with Crippen molar-refractivity contribution in [1.82, 2.24) is 4.90 Å². The molecule has 0 saturated carbocycles. The topological polar surface area (TPSA) is 78.6 Å². The molecule has 2 fully saturated rings. The maximum Gasteiger partial charge on any atom is 0.238 e. The number of aliphatic hydroxyl groups is 1. The summed E-state index contributed by atoms with van der Waals surface area (Å²) in [4.78, 5) is 14.3. The van der Waals surface area contributed by atoms with Crippen molar-refractivity contribution in [2.24, 2.45) is 0 Å². The molecule has 4 N–H and O–H groups in total. The van der Waals surface area contributed by atoms with Crippen LogP contribution in [0, 0.1) is 5.82 Å². The zero-order chi connectivity index (χ0) is 15.0.